The van der Waals surface area contributed by atoms with Gasteiger partial charge in [0.2, 0.25) is 16.1 Å². The molecule has 2 aliphatic carbocycles. The Morgan fingerprint density at radius 2 is 1.39 bits per heavy atom. The van der Waals surface area contributed by atoms with Gasteiger partial charge in [0, 0.05) is 6.04 Å². The lowest BCUT2D eigenvalue weighted by atomic mass is 9.95. The average molecular weight is 663 g/mol. The zero-order chi connectivity index (χ0) is 32.7. The molecule has 3 fully saturated rings. The highest BCUT2D eigenvalue weighted by atomic mass is 32.2. The molecule has 1 aliphatic heterocycles. The third-order valence-electron chi connectivity index (χ3n) is 8.49. The number of nitrogens with zero attached hydrogens (tertiary/aromatic N) is 2. The highest BCUT2D eigenvalue weighted by molar-refractivity contribution is 7.88. The van der Waals surface area contributed by atoms with Crippen molar-refractivity contribution >= 4 is 28.0 Å². The summed E-state index contributed by atoms with van der Waals surface area (Å²) in [5, 5.41) is 0. The van der Waals surface area contributed by atoms with Gasteiger partial charge in [0.15, 0.2) is 0 Å². The molecule has 0 spiro atoms. The third kappa shape index (κ3) is 8.22. The predicted molar refractivity (Wildman–Crippen MR) is 165 cm³/mol. The van der Waals surface area contributed by atoms with Crippen molar-refractivity contribution in [2.75, 3.05) is 12.9 Å². The number of sulfonamides is 1. The molecular formula is C33H40F2N2O8S. The minimum atomic E-state index is -4.01. The van der Waals surface area contributed by atoms with Crippen LogP contribution in [0.3, 0.4) is 0 Å². The Balaban J connectivity index is 1.45. The second-order valence-corrected chi connectivity index (χ2v) is 13.9. The van der Waals surface area contributed by atoms with Gasteiger partial charge in [0.05, 0.1) is 23.4 Å². The Labute approximate surface area is 268 Å². The van der Waals surface area contributed by atoms with Gasteiger partial charge in [-0.05, 0) is 49.9 Å². The highest BCUT2D eigenvalue weighted by Gasteiger charge is 2.64. The minimum absolute atomic E-state index is 0.0304. The molecule has 46 heavy (non-hydrogen) atoms. The highest BCUT2D eigenvalue weighted by Crippen LogP contribution is 2.41. The summed E-state index contributed by atoms with van der Waals surface area (Å²) in [6, 6.07) is 14.3. The number of rotatable bonds is 9. The maximum absolute atomic E-state index is 16.3. The molecule has 0 unspecified atom stereocenters. The monoisotopic (exact) mass is 662 g/mol. The van der Waals surface area contributed by atoms with Crippen LogP contribution in [-0.4, -0.2) is 80.1 Å². The normalized spacial score (nSPS) is 24.2. The van der Waals surface area contributed by atoms with Crippen LogP contribution in [0.2, 0.25) is 0 Å². The molecule has 2 saturated carbocycles. The van der Waals surface area contributed by atoms with Crippen LogP contribution in [0.1, 0.15) is 84.9 Å². The minimum Gasteiger partial charge on any atom is -0.459 e. The lowest BCUT2D eigenvalue weighted by Gasteiger charge is -2.36. The van der Waals surface area contributed by atoms with E-state index in [9.17, 15) is 18.0 Å². The Morgan fingerprint density at radius 1 is 0.848 bits per heavy atom. The van der Waals surface area contributed by atoms with Crippen molar-refractivity contribution < 1.29 is 45.7 Å². The summed E-state index contributed by atoms with van der Waals surface area (Å²) in [6.45, 7) is -0.691. The molecule has 2 aromatic rings. The number of carbonyl (C=O) groups is 2. The largest absolute Gasteiger partial charge is 0.459 e. The van der Waals surface area contributed by atoms with Gasteiger partial charge in [-0.3, -0.25) is 0 Å². The van der Waals surface area contributed by atoms with E-state index in [1.165, 1.54) is 24.3 Å². The van der Waals surface area contributed by atoms with Crippen molar-refractivity contribution in [3.05, 3.63) is 71.8 Å². The SMILES string of the molecule is CS(=O)(=O)N(C(=NC1CCCCC1)O[C@@H]1O[C@H](COC(=O)c2ccccc2)[C@@H](OC(=O)c2ccccc2)C1(F)F)C1CCCCC1. The summed E-state index contributed by atoms with van der Waals surface area (Å²) < 4.78 is 82.1. The molecule has 1 heterocycles. The fourth-order valence-electron chi connectivity index (χ4n) is 6.15. The van der Waals surface area contributed by atoms with Crippen LogP contribution >= 0.6 is 0 Å². The lowest BCUT2D eigenvalue weighted by molar-refractivity contribution is -0.194. The number of amidine groups is 1. The smallest absolute Gasteiger partial charge is 0.347 e. The first kappa shape index (κ1) is 33.8. The van der Waals surface area contributed by atoms with Crippen LogP contribution in [0.25, 0.3) is 0 Å². The molecule has 13 heteroatoms. The van der Waals surface area contributed by atoms with Crippen LogP contribution < -0.4 is 0 Å². The van der Waals surface area contributed by atoms with E-state index in [2.05, 4.69) is 4.99 Å². The number of ether oxygens (including phenoxy) is 4. The second kappa shape index (κ2) is 14.9. The molecule has 10 nitrogen and oxygen atoms in total. The van der Waals surface area contributed by atoms with Crippen molar-refractivity contribution in [2.45, 2.75) is 101 Å². The van der Waals surface area contributed by atoms with Gasteiger partial charge in [0.25, 0.3) is 6.29 Å². The molecule has 2 aromatic carbocycles. The van der Waals surface area contributed by atoms with E-state index in [-0.39, 0.29) is 17.2 Å². The summed E-state index contributed by atoms with van der Waals surface area (Å²) in [5.74, 6) is -5.81. The summed E-state index contributed by atoms with van der Waals surface area (Å²) in [6.07, 6.45) is 2.33. The van der Waals surface area contributed by atoms with E-state index in [4.69, 9.17) is 18.9 Å². The van der Waals surface area contributed by atoms with E-state index in [0.717, 1.165) is 49.1 Å². The van der Waals surface area contributed by atoms with E-state index in [1.54, 1.807) is 36.4 Å². The Hall–Kier alpha value is -3.58. The Kier molecular flexibility index (Phi) is 10.9. The first-order chi connectivity index (χ1) is 22.0. The number of aliphatic imine (C=N–C) groups is 1. The number of hydrogen-bond acceptors (Lipinski definition) is 9. The molecule has 5 rings (SSSR count). The Bertz CT molecular complexity index is 1460. The molecule has 250 valence electrons. The standard InChI is InChI=1S/C33H40F2N2O8S/c1-46(40,41)37(26-20-12-5-13-21-26)32(36-25-18-10-4-11-19-25)45-31-33(34,35)28(44-30(39)24-16-8-3-9-17-24)27(43-31)22-42-29(38)23-14-6-2-7-15-23/h2-3,6-9,14-17,25-28,31H,4-5,10-13,18-22H2,1H3/t27-,28-,31+/m1/s1. The zero-order valence-corrected chi connectivity index (χ0v) is 26.6. The summed E-state index contributed by atoms with van der Waals surface area (Å²) in [4.78, 5) is 30.2. The molecule has 0 bridgehead atoms. The number of hydrogen-bond donors (Lipinski definition) is 0. The maximum Gasteiger partial charge on any atom is 0.347 e. The molecule has 0 amide bonds. The first-order valence-electron chi connectivity index (χ1n) is 15.8. The van der Waals surface area contributed by atoms with E-state index >= 15 is 8.78 Å². The fourth-order valence-corrected chi connectivity index (χ4v) is 7.28. The van der Waals surface area contributed by atoms with Gasteiger partial charge in [-0.1, -0.05) is 74.9 Å². The second-order valence-electron chi connectivity index (χ2n) is 12.0. The number of esters is 2. The fraction of sp³-hybridized carbons (Fsp3) is 0.545. The number of halogens is 2. The molecular weight excluding hydrogens is 622 g/mol. The predicted octanol–water partition coefficient (Wildman–Crippen LogP) is 5.73. The van der Waals surface area contributed by atoms with Crippen LogP contribution in [0, 0.1) is 0 Å². The van der Waals surface area contributed by atoms with Crippen LogP contribution in [0.15, 0.2) is 65.7 Å². The molecule has 3 atom stereocenters. The van der Waals surface area contributed by atoms with Gasteiger partial charge in [-0.25, -0.2) is 27.3 Å². The van der Waals surface area contributed by atoms with Crippen molar-refractivity contribution in [3.63, 3.8) is 0 Å². The zero-order valence-electron chi connectivity index (χ0n) is 25.8. The number of benzene rings is 2. The van der Waals surface area contributed by atoms with Gasteiger partial charge in [-0.2, -0.15) is 8.78 Å². The molecule has 3 aliphatic rings. The molecule has 1 saturated heterocycles. The van der Waals surface area contributed by atoms with Gasteiger partial charge >= 0.3 is 23.9 Å². The number of alkyl halides is 2. The van der Waals surface area contributed by atoms with Crippen molar-refractivity contribution in [1.82, 2.24) is 4.31 Å². The molecule has 0 aromatic heterocycles. The molecule has 0 radical (unpaired) electrons. The van der Waals surface area contributed by atoms with Crippen molar-refractivity contribution in [3.8, 4) is 0 Å². The van der Waals surface area contributed by atoms with Crippen LogP contribution in [0.4, 0.5) is 8.78 Å². The summed E-state index contributed by atoms with van der Waals surface area (Å²) >= 11 is 0. The van der Waals surface area contributed by atoms with Gasteiger partial charge in [0.1, 0.15) is 12.7 Å². The maximum atomic E-state index is 16.3. The third-order valence-corrected chi connectivity index (χ3v) is 9.66. The Morgan fingerprint density at radius 3 is 1.96 bits per heavy atom. The molecule has 0 N–H and O–H groups in total. The van der Waals surface area contributed by atoms with Crippen LogP contribution in [-0.2, 0) is 29.0 Å². The number of carbonyl (C=O) groups excluding carboxylic acids is 2. The van der Waals surface area contributed by atoms with Gasteiger partial charge < -0.3 is 18.9 Å². The summed E-state index contributed by atoms with van der Waals surface area (Å²) in [7, 11) is -4.01. The first-order valence-corrected chi connectivity index (χ1v) is 17.6. The van der Waals surface area contributed by atoms with Gasteiger partial charge in [-0.15, -0.1) is 0 Å². The average Bonchev–Trinajstić information content (AvgIpc) is 3.28. The van der Waals surface area contributed by atoms with Crippen molar-refractivity contribution in [1.29, 1.82) is 0 Å². The topological polar surface area (TPSA) is 121 Å². The van der Waals surface area contributed by atoms with E-state index < -0.39 is 65.1 Å². The van der Waals surface area contributed by atoms with E-state index in [1.807, 2.05) is 0 Å². The van der Waals surface area contributed by atoms with E-state index in [0.29, 0.717) is 25.7 Å². The van der Waals surface area contributed by atoms with Crippen LogP contribution in [0.5, 0.6) is 0 Å². The summed E-state index contributed by atoms with van der Waals surface area (Å²) in [5.41, 5.74) is 0.221. The lowest BCUT2D eigenvalue weighted by Crippen LogP contribution is -2.50. The quantitative estimate of drug-likeness (QED) is 0.190. The van der Waals surface area contributed by atoms with Crippen molar-refractivity contribution in [2.24, 2.45) is 4.99 Å².